The molecule has 19 heavy (non-hydrogen) atoms. The van der Waals surface area contributed by atoms with Gasteiger partial charge in [-0.3, -0.25) is 4.79 Å². The zero-order chi connectivity index (χ0) is 13.7. The molecule has 0 aliphatic carbocycles. The van der Waals surface area contributed by atoms with E-state index in [0.717, 1.165) is 18.5 Å². The van der Waals surface area contributed by atoms with E-state index in [4.69, 9.17) is 23.2 Å². The Morgan fingerprint density at radius 2 is 2.16 bits per heavy atom. The van der Waals surface area contributed by atoms with Gasteiger partial charge >= 0.3 is 0 Å². The molecule has 0 amide bonds. The predicted molar refractivity (Wildman–Crippen MR) is 80.0 cm³/mol. The fourth-order valence-corrected chi connectivity index (χ4v) is 2.88. The van der Waals surface area contributed by atoms with Gasteiger partial charge in [0.15, 0.2) is 0 Å². The SMILES string of the molecule is O=C(CCC1CCCCN1)Cc1cccc(Cl)c1Cl. The normalized spacial score (nSPS) is 19.4. The molecule has 104 valence electrons. The van der Waals surface area contributed by atoms with Crippen molar-refractivity contribution in [3.05, 3.63) is 33.8 Å². The van der Waals surface area contributed by atoms with Crippen molar-refractivity contribution < 1.29 is 4.79 Å². The van der Waals surface area contributed by atoms with Crippen LogP contribution in [0.3, 0.4) is 0 Å². The van der Waals surface area contributed by atoms with Gasteiger partial charge < -0.3 is 5.32 Å². The van der Waals surface area contributed by atoms with Crippen molar-refractivity contribution in [1.82, 2.24) is 5.32 Å². The van der Waals surface area contributed by atoms with Gasteiger partial charge in [-0.25, -0.2) is 0 Å². The Bertz CT molecular complexity index is 442. The maximum absolute atomic E-state index is 12.0. The van der Waals surface area contributed by atoms with Crippen LogP contribution in [-0.2, 0) is 11.2 Å². The lowest BCUT2D eigenvalue weighted by molar-refractivity contribution is -0.118. The van der Waals surface area contributed by atoms with Gasteiger partial charge in [-0.05, 0) is 37.4 Å². The zero-order valence-electron chi connectivity index (χ0n) is 10.9. The first-order valence-corrected chi connectivity index (χ1v) is 7.60. The summed E-state index contributed by atoms with van der Waals surface area (Å²) in [7, 11) is 0. The lowest BCUT2D eigenvalue weighted by atomic mass is 9.97. The maximum atomic E-state index is 12.0. The van der Waals surface area contributed by atoms with Crippen LogP contribution in [0, 0.1) is 0 Å². The molecule has 1 heterocycles. The van der Waals surface area contributed by atoms with Crippen LogP contribution in [0.25, 0.3) is 0 Å². The van der Waals surface area contributed by atoms with E-state index in [2.05, 4.69) is 5.32 Å². The Hall–Kier alpha value is -0.570. The van der Waals surface area contributed by atoms with Crippen LogP contribution in [0.4, 0.5) is 0 Å². The summed E-state index contributed by atoms with van der Waals surface area (Å²) < 4.78 is 0. The van der Waals surface area contributed by atoms with Crippen molar-refractivity contribution in [2.75, 3.05) is 6.54 Å². The molecule has 1 saturated heterocycles. The van der Waals surface area contributed by atoms with E-state index >= 15 is 0 Å². The summed E-state index contributed by atoms with van der Waals surface area (Å²) in [5.41, 5.74) is 0.829. The smallest absolute Gasteiger partial charge is 0.137 e. The number of carbonyl (C=O) groups is 1. The van der Waals surface area contributed by atoms with Crippen molar-refractivity contribution in [1.29, 1.82) is 0 Å². The molecule has 1 aromatic carbocycles. The molecule has 1 unspecified atom stereocenters. The summed E-state index contributed by atoms with van der Waals surface area (Å²) in [5, 5.41) is 4.48. The Kier molecular flexibility index (Phi) is 5.68. The topological polar surface area (TPSA) is 29.1 Å². The molecule has 1 N–H and O–H groups in total. The molecule has 0 spiro atoms. The molecule has 2 nitrogen and oxygen atoms in total. The van der Waals surface area contributed by atoms with Crippen LogP contribution in [0.5, 0.6) is 0 Å². The fourth-order valence-electron chi connectivity index (χ4n) is 2.49. The third-order valence-corrected chi connectivity index (χ3v) is 4.46. The minimum absolute atomic E-state index is 0.233. The van der Waals surface area contributed by atoms with Crippen molar-refractivity contribution in [2.45, 2.75) is 44.6 Å². The fraction of sp³-hybridized carbons (Fsp3) is 0.533. The molecule has 2 rings (SSSR count). The second-order valence-electron chi connectivity index (χ2n) is 5.11. The van der Waals surface area contributed by atoms with Gasteiger partial charge in [-0.15, -0.1) is 0 Å². The maximum Gasteiger partial charge on any atom is 0.137 e. The number of carbonyl (C=O) groups excluding carboxylic acids is 1. The quantitative estimate of drug-likeness (QED) is 0.889. The summed E-state index contributed by atoms with van der Waals surface area (Å²) in [6.07, 6.45) is 5.63. The van der Waals surface area contributed by atoms with Crippen LogP contribution in [0.2, 0.25) is 10.0 Å². The van der Waals surface area contributed by atoms with E-state index in [1.807, 2.05) is 12.1 Å². The first-order valence-electron chi connectivity index (χ1n) is 6.85. The molecule has 1 aromatic rings. The average Bonchev–Trinajstić information content (AvgIpc) is 2.43. The lowest BCUT2D eigenvalue weighted by Gasteiger charge is -2.23. The number of hydrogen-bond acceptors (Lipinski definition) is 2. The zero-order valence-corrected chi connectivity index (χ0v) is 12.4. The first kappa shape index (κ1) is 14.8. The third kappa shape index (κ3) is 4.48. The highest BCUT2D eigenvalue weighted by Gasteiger charge is 2.15. The van der Waals surface area contributed by atoms with Crippen LogP contribution < -0.4 is 5.32 Å². The van der Waals surface area contributed by atoms with Crippen LogP contribution in [0.1, 0.15) is 37.7 Å². The molecule has 0 bridgehead atoms. The molecule has 1 fully saturated rings. The summed E-state index contributed by atoms with van der Waals surface area (Å²) in [4.78, 5) is 12.0. The largest absolute Gasteiger partial charge is 0.314 e. The molecular formula is C15H19Cl2NO. The minimum Gasteiger partial charge on any atom is -0.314 e. The number of nitrogens with one attached hydrogen (secondary N) is 1. The van der Waals surface area contributed by atoms with E-state index in [1.54, 1.807) is 6.07 Å². The van der Waals surface area contributed by atoms with Crippen LogP contribution in [0.15, 0.2) is 18.2 Å². The van der Waals surface area contributed by atoms with Crippen molar-refractivity contribution in [3.8, 4) is 0 Å². The minimum atomic E-state index is 0.233. The van der Waals surface area contributed by atoms with Crippen LogP contribution >= 0.6 is 23.2 Å². The standard InChI is InChI=1S/C15H19Cl2NO/c16-14-6-3-4-11(15(14)17)10-13(19)8-7-12-5-1-2-9-18-12/h3-4,6,12,18H,1-2,5,7-10H2. The van der Waals surface area contributed by atoms with Crippen molar-refractivity contribution >= 4 is 29.0 Å². The van der Waals surface area contributed by atoms with Gasteiger partial charge in [0.2, 0.25) is 0 Å². The number of hydrogen-bond donors (Lipinski definition) is 1. The predicted octanol–water partition coefficient (Wildman–Crippen LogP) is 4.03. The van der Waals surface area contributed by atoms with Gasteiger partial charge in [0.25, 0.3) is 0 Å². The molecule has 1 aliphatic heterocycles. The molecule has 1 aliphatic rings. The number of halogens is 2. The third-order valence-electron chi connectivity index (χ3n) is 3.60. The Morgan fingerprint density at radius 3 is 2.89 bits per heavy atom. The molecule has 0 radical (unpaired) electrons. The summed E-state index contributed by atoms with van der Waals surface area (Å²) in [6.45, 7) is 1.08. The van der Waals surface area contributed by atoms with E-state index in [1.165, 1.54) is 19.3 Å². The highest BCUT2D eigenvalue weighted by atomic mass is 35.5. The Balaban J connectivity index is 1.82. The summed E-state index contributed by atoms with van der Waals surface area (Å²) >= 11 is 12.0. The molecule has 0 aromatic heterocycles. The highest BCUT2D eigenvalue weighted by Crippen LogP contribution is 2.26. The monoisotopic (exact) mass is 299 g/mol. The first-order chi connectivity index (χ1) is 9.16. The molecule has 4 heteroatoms. The highest BCUT2D eigenvalue weighted by molar-refractivity contribution is 6.42. The van der Waals surface area contributed by atoms with E-state index in [0.29, 0.717) is 28.9 Å². The van der Waals surface area contributed by atoms with Gasteiger partial charge in [0, 0.05) is 18.9 Å². The second kappa shape index (κ2) is 7.28. The Labute approximate surface area is 124 Å². The molecule has 0 saturated carbocycles. The second-order valence-corrected chi connectivity index (χ2v) is 5.90. The van der Waals surface area contributed by atoms with Crippen molar-refractivity contribution in [2.24, 2.45) is 0 Å². The van der Waals surface area contributed by atoms with E-state index < -0.39 is 0 Å². The number of rotatable bonds is 5. The number of ketones is 1. The van der Waals surface area contributed by atoms with Gasteiger partial charge in [0.05, 0.1) is 10.0 Å². The summed E-state index contributed by atoms with van der Waals surface area (Å²) in [6, 6.07) is 5.95. The number of piperidine rings is 1. The number of Topliss-reactive ketones (excluding diaryl/α,β-unsaturated/α-hetero) is 1. The van der Waals surface area contributed by atoms with Crippen LogP contribution in [-0.4, -0.2) is 18.4 Å². The molecular weight excluding hydrogens is 281 g/mol. The lowest BCUT2D eigenvalue weighted by Crippen LogP contribution is -2.34. The van der Waals surface area contributed by atoms with Gasteiger partial charge in [-0.2, -0.15) is 0 Å². The van der Waals surface area contributed by atoms with E-state index in [-0.39, 0.29) is 5.78 Å². The summed E-state index contributed by atoms with van der Waals surface area (Å²) in [5.74, 6) is 0.233. The average molecular weight is 300 g/mol. The van der Waals surface area contributed by atoms with Crippen molar-refractivity contribution in [3.63, 3.8) is 0 Å². The Morgan fingerprint density at radius 1 is 1.32 bits per heavy atom. The van der Waals surface area contributed by atoms with Gasteiger partial charge in [-0.1, -0.05) is 41.8 Å². The molecule has 1 atom stereocenters. The van der Waals surface area contributed by atoms with Gasteiger partial charge in [0.1, 0.15) is 5.78 Å². The number of benzene rings is 1. The van der Waals surface area contributed by atoms with E-state index in [9.17, 15) is 4.79 Å².